The van der Waals surface area contributed by atoms with Crippen molar-refractivity contribution in [3.05, 3.63) is 35.9 Å². The Morgan fingerprint density at radius 3 is 2.63 bits per heavy atom. The summed E-state index contributed by atoms with van der Waals surface area (Å²) in [6, 6.07) is 11.4. The number of benzene rings is 1. The maximum Gasteiger partial charge on any atom is 0.187 e. The van der Waals surface area contributed by atoms with Gasteiger partial charge in [-0.3, -0.25) is 0 Å². The van der Waals surface area contributed by atoms with Gasteiger partial charge in [-0.25, -0.2) is 0 Å². The number of hydrogen-bond donors (Lipinski definition) is 0. The van der Waals surface area contributed by atoms with Crippen LogP contribution in [0, 0.1) is 17.3 Å². The average Bonchev–Trinajstić information content (AvgIpc) is 3.09. The minimum Gasteiger partial charge on any atom is -0.414 e. The molecule has 0 radical (unpaired) electrons. The third kappa shape index (κ3) is 2.84. The zero-order chi connectivity index (χ0) is 18.8. The van der Waals surface area contributed by atoms with E-state index in [1.165, 1.54) is 6.04 Å². The van der Waals surface area contributed by atoms with Crippen molar-refractivity contribution in [3.8, 4) is 0 Å². The van der Waals surface area contributed by atoms with Crippen LogP contribution in [0.2, 0.25) is 19.1 Å². The molecule has 3 aliphatic heterocycles. The minimum atomic E-state index is -1.57. The molecular weight excluding hydrogens is 360 g/mol. The Balaban J connectivity index is 1.45. The van der Waals surface area contributed by atoms with Crippen molar-refractivity contribution in [1.82, 2.24) is 0 Å². The van der Waals surface area contributed by atoms with Crippen LogP contribution in [0.3, 0.4) is 0 Å². The van der Waals surface area contributed by atoms with E-state index < -0.39 is 8.32 Å². The summed E-state index contributed by atoms with van der Waals surface area (Å²) < 4.78 is 31.3. The summed E-state index contributed by atoms with van der Waals surface area (Å²) in [5.41, 5.74) is 1.04. The third-order valence-electron chi connectivity index (χ3n) is 7.11. The smallest absolute Gasteiger partial charge is 0.187 e. The van der Waals surface area contributed by atoms with Crippen LogP contribution in [0.4, 0.5) is 0 Å². The van der Waals surface area contributed by atoms with Gasteiger partial charge in [0.25, 0.3) is 0 Å². The highest BCUT2D eigenvalue weighted by Gasteiger charge is 2.67. The Morgan fingerprint density at radius 1 is 1.11 bits per heavy atom. The van der Waals surface area contributed by atoms with Crippen molar-refractivity contribution in [3.63, 3.8) is 0 Å². The van der Waals surface area contributed by atoms with Gasteiger partial charge in [0, 0.05) is 30.1 Å². The Hall–Kier alpha value is -0.763. The van der Waals surface area contributed by atoms with E-state index in [2.05, 4.69) is 32.2 Å². The van der Waals surface area contributed by atoms with Crippen LogP contribution in [-0.4, -0.2) is 46.6 Å². The molecule has 3 saturated heterocycles. The lowest BCUT2D eigenvalue weighted by molar-refractivity contribution is -0.359. The largest absolute Gasteiger partial charge is 0.414 e. The summed E-state index contributed by atoms with van der Waals surface area (Å²) in [4.78, 5) is 0. The lowest BCUT2D eigenvalue weighted by atomic mass is 9.69. The molecule has 3 heterocycles. The topological polar surface area (TPSA) is 46.2 Å². The van der Waals surface area contributed by atoms with E-state index in [1.807, 2.05) is 18.2 Å². The lowest BCUT2D eigenvalue weighted by Gasteiger charge is -2.54. The molecule has 0 aromatic heterocycles. The highest BCUT2D eigenvalue weighted by atomic mass is 28.4. The second-order valence-electron chi connectivity index (χ2n) is 9.43. The molecule has 0 spiro atoms. The van der Waals surface area contributed by atoms with Crippen molar-refractivity contribution >= 4 is 8.32 Å². The van der Waals surface area contributed by atoms with Gasteiger partial charge in [0.05, 0.1) is 12.7 Å². The molecule has 5 nitrogen and oxygen atoms in total. The summed E-state index contributed by atoms with van der Waals surface area (Å²) in [5.74, 6) is 0.807. The number of rotatable bonds is 2. The molecule has 5 rings (SSSR count). The molecule has 1 aromatic carbocycles. The fourth-order valence-electron chi connectivity index (χ4n) is 6.14. The minimum absolute atomic E-state index is 0.00756. The fourth-order valence-corrected chi connectivity index (χ4v) is 8.96. The Morgan fingerprint density at radius 2 is 1.89 bits per heavy atom. The quantitative estimate of drug-likeness (QED) is 0.720. The lowest BCUT2D eigenvalue weighted by Crippen LogP contribution is -2.61. The van der Waals surface area contributed by atoms with Crippen LogP contribution in [-0.2, 0) is 23.4 Å². The molecule has 3 unspecified atom stereocenters. The van der Waals surface area contributed by atoms with Gasteiger partial charge in [0.15, 0.2) is 20.9 Å². The van der Waals surface area contributed by atoms with Crippen molar-refractivity contribution in [2.24, 2.45) is 17.3 Å². The molecule has 0 N–H and O–H groups in total. The normalized spacial score (nSPS) is 47.9. The van der Waals surface area contributed by atoms with Crippen LogP contribution < -0.4 is 0 Å². The first kappa shape index (κ1) is 18.3. The zero-order valence-electron chi connectivity index (χ0n) is 16.6. The summed E-state index contributed by atoms with van der Waals surface area (Å²) in [6.45, 7) is 7.54. The highest BCUT2D eigenvalue weighted by molar-refractivity contribution is 6.71. The Bertz CT molecular complexity index is 697. The van der Waals surface area contributed by atoms with Crippen molar-refractivity contribution in [1.29, 1.82) is 0 Å². The molecule has 6 heteroatoms. The second kappa shape index (κ2) is 6.37. The van der Waals surface area contributed by atoms with Gasteiger partial charge in [-0.2, -0.15) is 0 Å². The van der Waals surface area contributed by atoms with E-state index in [-0.39, 0.29) is 30.2 Å². The van der Waals surface area contributed by atoms with Crippen LogP contribution in [0.15, 0.2) is 30.3 Å². The molecular formula is C21H30O5Si. The van der Waals surface area contributed by atoms with Gasteiger partial charge >= 0.3 is 0 Å². The van der Waals surface area contributed by atoms with E-state index in [0.29, 0.717) is 24.5 Å². The van der Waals surface area contributed by atoms with Crippen LogP contribution >= 0.6 is 0 Å². The van der Waals surface area contributed by atoms with Crippen molar-refractivity contribution in [2.45, 2.75) is 63.4 Å². The zero-order valence-corrected chi connectivity index (χ0v) is 17.6. The Labute approximate surface area is 162 Å². The fraction of sp³-hybridized carbons (Fsp3) is 0.714. The first-order valence-corrected chi connectivity index (χ1v) is 13.2. The van der Waals surface area contributed by atoms with Crippen LogP contribution in [0.1, 0.15) is 25.2 Å². The average molecular weight is 391 g/mol. The molecule has 148 valence electrons. The molecule has 1 aliphatic carbocycles. The number of ether oxygens (including phenoxy) is 4. The maximum absolute atomic E-state index is 6.56. The van der Waals surface area contributed by atoms with Crippen LogP contribution in [0.5, 0.6) is 0 Å². The molecule has 4 fully saturated rings. The summed E-state index contributed by atoms with van der Waals surface area (Å²) in [7, 11) is 0.184. The molecule has 1 saturated carbocycles. The summed E-state index contributed by atoms with van der Waals surface area (Å²) in [6.07, 6.45) is 0.679. The van der Waals surface area contributed by atoms with Gasteiger partial charge in [-0.05, 0) is 31.5 Å². The molecule has 0 bridgehead atoms. The standard InChI is InChI=1S/C21H30O5Si/c1-21-10-15-14(12-27(3,4)26-15)17(21)20(22-2)24-16-11-23-19(25-18(16)21)13-8-6-5-7-9-13/h5-9,14-20H,10-12H2,1-4H3/t14-,15-,16?,17?,18?,19-,20-,21+/m0/s1. The second-order valence-corrected chi connectivity index (χ2v) is 13.6. The van der Waals surface area contributed by atoms with Gasteiger partial charge in [-0.15, -0.1) is 0 Å². The van der Waals surface area contributed by atoms with E-state index in [1.54, 1.807) is 7.11 Å². The monoisotopic (exact) mass is 390 g/mol. The molecule has 0 amide bonds. The Kier molecular flexibility index (Phi) is 4.31. The maximum atomic E-state index is 6.56. The van der Waals surface area contributed by atoms with Crippen LogP contribution in [0.25, 0.3) is 0 Å². The summed E-state index contributed by atoms with van der Waals surface area (Å²) in [5, 5.41) is 0. The number of fused-ring (bicyclic) bond motifs is 5. The predicted octanol–water partition coefficient (Wildman–Crippen LogP) is 3.72. The molecule has 27 heavy (non-hydrogen) atoms. The SMILES string of the molecule is CO[C@H]1OC2CO[C@H](c3ccccc3)OC2[C@]2(C)C[C@@H]3O[Si](C)(C)C[C@@H]3C12. The first-order valence-electron chi connectivity index (χ1n) is 10.1. The van der Waals surface area contributed by atoms with Gasteiger partial charge in [0.1, 0.15) is 6.10 Å². The van der Waals surface area contributed by atoms with Gasteiger partial charge in [0.2, 0.25) is 0 Å². The van der Waals surface area contributed by atoms with E-state index >= 15 is 0 Å². The summed E-state index contributed by atoms with van der Waals surface area (Å²) >= 11 is 0. The van der Waals surface area contributed by atoms with Gasteiger partial charge < -0.3 is 23.4 Å². The van der Waals surface area contributed by atoms with Gasteiger partial charge in [-0.1, -0.05) is 37.3 Å². The first-order chi connectivity index (χ1) is 12.9. The predicted molar refractivity (Wildman–Crippen MR) is 103 cm³/mol. The van der Waals surface area contributed by atoms with E-state index in [9.17, 15) is 0 Å². The third-order valence-corrected chi connectivity index (χ3v) is 9.51. The van der Waals surface area contributed by atoms with E-state index in [4.69, 9.17) is 23.4 Å². The van der Waals surface area contributed by atoms with Crippen molar-refractivity contribution < 1.29 is 23.4 Å². The molecule has 8 atom stereocenters. The highest BCUT2D eigenvalue weighted by Crippen LogP contribution is 2.62. The number of methoxy groups -OCH3 is 1. The molecule has 4 aliphatic rings. The number of hydrogen-bond acceptors (Lipinski definition) is 5. The van der Waals surface area contributed by atoms with E-state index in [0.717, 1.165) is 12.0 Å². The van der Waals surface area contributed by atoms with Crippen molar-refractivity contribution in [2.75, 3.05) is 13.7 Å². The molecule has 1 aromatic rings.